The second-order valence-corrected chi connectivity index (χ2v) is 8.92. The molecule has 2 amide bonds. The van der Waals surface area contributed by atoms with Crippen LogP contribution in [0.3, 0.4) is 0 Å². The molecule has 166 valence electrons. The van der Waals surface area contributed by atoms with Gasteiger partial charge in [0.2, 0.25) is 11.8 Å². The third kappa shape index (κ3) is 6.57. The van der Waals surface area contributed by atoms with Gasteiger partial charge in [0.05, 0.1) is 0 Å². The Morgan fingerprint density at radius 1 is 1.10 bits per heavy atom. The van der Waals surface area contributed by atoms with E-state index in [1.165, 1.54) is 5.56 Å². The van der Waals surface area contributed by atoms with Crippen LogP contribution in [0, 0.1) is 6.92 Å². The summed E-state index contributed by atoms with van der Waals surface area (Å²) >= 11 is 6.28. The maximum absolute atomic E-state index is 13.3. The average molecular weight is 441 g/mol. The Balaban J connectivity index is 1.76. The van der Waals surface area contributed by atoms with E-state index < -0.39 is 6.04 Å². The number of rotatable bonds is 9. The molecule has 2 aromatic carbocycles. The van der Waals surface area contributed by atoms with Gasteiger partial charge in [0.15, 0.2) is 0 Å². The van der Waals surface area contributed by atoms with E-state index in [1.807, 2.05) is 62.4 Å². The maximum atomic E-state index is 13.3. The molecule has 1 saturated carbocycles. The van der Waals surface area contributed by atoms with Gasteiger partial charge >= 0.3 is 0 Å². The Morgan fingerprint density at radius 2 is 1.77 bits per heavy atom. The predicted molar refractivity (Wildman–Crippen MR) is 126 cm³/mol. The van der Waals surface area contributed by atoms with E-state index in [0.29, 0.717) is 30.8 Å². The second-order valence-electron chi connectivity index (χ2n) is 8.51. The van der Waals surface area contributed by atoms with Crippen LogP contribution in [0.4, 0.5) is 0 Å². The van der Waals surface area contributed by atoms with E-state index in [-0.39, 0.29) is 17.9 Å². The van der Waals surface area contributed by atoms with Crippen molar-refractivity contribution >= 4 is 23.4 Å². The third-order valence-electron chi connectivity index (χ3n) is 6.13. The number of nitrogens with one attached hydrogen (secondary N) is 1. The van der Waals surface area contributed by atoms with E-state index >= 15 is 0 Å². The molecule has 0 saturated heterocycles. The van der Waals surface area contributed by atoms with Gasteiger partial charge in [0, 0.05) is 24.0 Å². The number of nitrogens with zero attached hydrogens (tertiary/aromatic N) is 1. The minimum absolute atomic E-state index is 0.0195. The van der Waals surface area contributed by atoms with Crippen molar-refractivity contribution in [3.8, 4) is 0 Å². The smallest absolute Gasteiger partial charge is 0.243 e. The van der Waals surface area contributed by atoms with Crippen LogP contribution in [0.25, 0.3) is 0 Å². The van der Waals surface area contributed by atoms with Gasteiger partial charge in [0.25, 0.3) is 0 Å². The van der Waals surface area contributed by atoms with Crippen molar-refractivity contribution < 1.29 is 9.59 Å². The number of carbonyl (C=O) groups is 2. The van der Waals surface area contributed by atoms with Gasteiger partial charge in [-0.25, -0.2) is 0 Å². The summed E-state index contributed by atoms with van der Waals surface area (Å²) in [6, 6.07) is 15.5. The summed E-state index contributed by atoms with van der Waals surface area (Å²) in [5.41, 5.74) is 3.16. The molecule has 1 atom stereocenters. The summed E-state index contributed by atoms with van der Waals surface area (Å²) in [6.07, 6.45) is 5.84. The van der Waals surface area contributed by atoms with Gasteiger partial charge < -0.3 is 10.2 Å². The van der Waals surface area contributed by atoms with Crippen LogP contribution >= 0.6 is 11.6 Å². The highest BCUT2D eigenvalue weighted by molar-refractivity contribution is 6.31. The lowest BCUT2D eigenvalue weighted by Crippen LogP contribution is -2.51. The standard InChI is InChI=1S/C26H33ClN2O2/c1-3-24(26(31)28-22-9-5-6-10-22)29(18-20-14-12-19(2)13-15-20)25(30)17-16-21-8-4-7-11-23(21)27/h4,7-8,11-15,22,24H,3,5-6,9-10,16-18H2,1-2H3,(H,28,31)/t24-/m0/s1. The topological polar surface area (TPSA) is 49.4 Å². The van der Waals surface area contributed by atoms with E-state index in [4.69, 9.17) is 11.6 Å². The number of hydrogen-bond acceptors (Lipinski definition) is 2. The summed E-state index contributed by atoms with van der Waals surface area (Å²) in [4.78, 5) is 28.2. The molecule has 0 unspecified atom stereocenters. The molecule has 0 aliphatic heterocycles. The lowest BCUT2D eigenvalue weighted by molar-refractivity contribution is -0.141. The first-order chi connectivity index (χ1) is 15.0. The number of benzene rings is 2. The van der Waals surface area contributed by atoms with Crippen LogP contribution in [0.1, 0.15) is 62.1 Å². The normalized spacial score (nSPS) is 14.9. The first kappa shape index (κ1) is 23.3. The monoisotopic (exact) mass is 440 g/mol. The summed E-state index contributed by atoms with van der Waals surface area (Å²) < 4.78 is 0. The minimum atomic E-state index is -0.472. The second kappa shape index (κ2) is 11.3. The largest absolute Gasteiger partial charge is 0.352 e. The van der Waals surface area contributed by atoms with Crippen LogP contribution < -0.4 is 5.32 Å². The Hall–Kier alpha value is -2.33. The van der Waals surface area contributed by atoms with Crippen LogP contribution in [0.2, 0.25) is 5.02 Å². The van der Waals surface area contributed by atoms with Crippen molar-refractivity contribution in [3.05, 3.63) is 70.2 Å². The van der Waals surface area contributed by atoms with E-state index in [9.17, 15) is 9.59 Å². The Bertz CT molecular complexity index is 875. The molecule has 3 rings (SSSR count). The molecular weight excluding hydrogens is 408 g/mol. The molecule has 0 heterocycles. The predicted octanol–water partition coefficient (Wildman–Crippen LogP) is 5.45. The number of halogens is 1. The zero-order valence-electron chi connectivity index (χ0n) is 18.6. The minimum Gasteiger partial charge on any atom is -0.352 e. The summed E-state index contributed by atoms with van der Waals surface area (Å²) in [5, 5.41) is 3.86. The fourth-order valence-electron chi connectivity index (χ4n) is 4.26. The molecule has 4 nitrogen and oxygen atoms in total. The Morgan fingerprint density at radius 3 is 2.42 bits per heavy atom. The molecular formula is C26H33ClN2O2. The molecule has 0 bridgehead atoms. The summed E-state index contributed by atoms with van der Waals surface area (Å²) in [6.45, 7) is 4.45. The molecule has 31 heavy (non-hydrogen) atoms. The van der Waals surface area contributed by atoms with Crippen molar-refractivity contribution in [2.45, 2.75) is 77.4 Å². The molecule has 0 spiro atoms. The van der Waals surface area contributed by atoms with E-state index in [0.717, 1.165) is 36.8 Å². The first-order valence-corrected chi connectivity index (χ1v) is 11.7. The highest BCUT2D eigenvalue weighted by atomic mass is 35.5. The summed E-state index contributed by atoms with van der Waals surface area (Å²) in [7, 11) is 0. The lowest BCUT2D eigenvalue weighted by atomic mass is 10.0. The molecule has 1 N–H and O–H groups in total. The van der Waals surface area contributed by atoms with Crippen LogP contribution in [0.5, 0.6) is 0 Å². The molecule has 1 fully saturated rings. The SMILES string of the molecule is CC[C@@H](C(=O)NC1CCCC1)N(Cc1ccc(C)cc1)C(=O)CCc1ccccc1Cl. The van der Waals surface area contributed by atoms with Crippen molar-refractivity contribution in [1.29, 1.82) is 0 Å². The van der Waals surface area contributed by atoms with Gasteiger partial charge in [-0.3, -0.25) is 9.59 Å². The fraction of sp³-hybridized carbons (Fsp3) is 0.462. The number of hydrogen-bond donors (Lipinski definition) is 1. The Kier molecular flexibility index (Phi) is 8.53. The fourth-order valence-corrected chi connectivity index (χ4v) is 4.49. The number of carbonyl (C=O) groups excluding carboxylic acids is 2. The molecule has 0 aromatic heterocycles. The molecule has 2 aromatic rings. The van der Waals surface area contributed by atoms with Gasteiger partial charge in [-0.05, 0) is 49.8 Å². The zero-order valence-corrected chi connectivity index (χ0v) is 19.3. The molecule has 1 aliphatic rings. The Labute approximate surface area is 191 Å². The number of aryl methyl sites for hydroxylation is 2. The third-order valence-corrected chi connectivity index (χ3v) is 6.50. The molecule has 1 aliphatic carbocycles. The lowest BCUT2D eigenvalue weighted by Gasteiger charge is -2.31. The highest BCUT2D eigenvalue weighted by Crippen LogP contribution is 2.21. The maximum Gasteiger partial charge on any atom is 0.243 e. The highest BCUT2D eigenvalue weighted by Gasteiger charge is 2.30. The van der Waals surface area contributed by atoms with Gasteiger partial charge in [-0.15, -0.1) is 0 Å². The quantitative estimate of drug-likeness (QED) is 0.563. The number of amides is 2. The van der Waals surface area contributed by atoms with Crippen molar-refractivity contribution in [3.63, 3.8) is 0 Å². The van der Waals surface area contributed by atoms with Crippen molar-refractivity contribution in [1.82, 2.24) is 10.2 Å². The molecule has 0 radical (unpaired) electrons. The first-order valence-electron chi connectivity index (χ1n) is 11.4. The zero-order chi connectivity index (χ0) is 22.2. The van der Waals surface area contributed by atoms with E-state index in [2.05, 4.69) is 5.32 Å². The van der Waals surface area contributed by atoms with Crippen LogP contribution in [-0.4, -0.2) is 28.8 Å². The average Bonchev–Trinajstić information content (AvgIpc) is 3.27. The van der Waals surface area contributed by atoms with Crippen molar-refractivity contribution in [2.75, 3.05) is 0 Å². The van der Waals surface area contributed by atoms with Gasteiger partial charge in [-0.2, -0.15) is 0 Å². The molecule has 5 heteroatoms. The van der Waals surface area contributed by atoms with Crippen LogP contribution in [-0.2, 0) is 22.6 Å². The van der Waals surface area contributed by atoms with Gasteiger partial charge in [0.1, 0.15) is 6.04 Å². The van der Waals surface area contributed by atoms with E-state index in [1.54, 1.807) is 4.90 Å². The van der Waals surface area contributed by atoms with Crippen molar-refractivity contribution in [2.24, 2.45) is 0 Å². The summed E-state index contributed by atoms with van der Waals surface area (Å²) in [5.74, 6) is -0.0541. The van der Waals surface area contributed by atoms with Crippen LogP contribution in [0.15, 0.2) is 48.5 Å². The van der Waals surface area contributed by atoms with Gasteiger partial charge in [-0.1, -0.05) is 79.4 Å².